The number of aromatic carboxylic acids is 1. The summed E-state index contributed by atoms with van der Waals surface area (Å²) >= 11 is 0. The molecule has 0 bridgehead atoms. The Balaban J connectivity index is 2.27. The van der Waals surface area contributed by atoms with Crippen LogP contribution in [-0.4, -0.2) is 34.3 Å². The minimum absolute atomic E-state index is 0.0931. The molecule has 1 aromatic rings. The molecule has 5 nitrogen and oxygen atoms in total. The van der Waals surface area contributed by atoms with E-state index in [2.05, 4.69) is 9.97 Å². The van der Waals surface area contributed by atoms with E-state index < -0.39 is 5.97 Å². The molecular formula is C11H14N2O3. The molecule has 1 saturated heterocycles. The van der Waals surface area contributed by atoms with Crippen molar-refractivity contribution >= 4 is 5.97 Å². The van der Waals surface area contributed by atoms with Crippen LogP contribution in [0.15, 0.2) is 6.20 Å². The largest absolute Gasteiger partial charge is 0.477 e. The maximum atomic E-state index is 10.9. The van der Waals surface area contributed by atoms with E-state index in [1.54, 1.807) is 13.1 Å². The maximum absolute atomic E-state index is 10.9. The van der Waals surface area contributed by atoms with Crippen molar-refractivity contribution in [2.45, 2.75) is 25.7 Å². The first-order valence-electron chi connectivity index (χ1n) is 5.33. The normalized spacial score (nSPS) is 20.7. The van der Waals surface area contributed by atoms with E-state index in [4.69, 9.17) is 9.84 Å². The van der Waals surface area contributed by atoms with Gasteiger partial charge in [0, 0.05) is 24.3 Å². The van der Waals surface area contributed by atoms with Gasteiger partial charge in [0.15, 0.2) is 5.69 Å². The summed E-state index contributed by atoms with van der Waals surface area (Å²) in [5.41, 5.74) is 0.684. The van der Waals surface area contributed by atoms with Crippen molar-refractivity contribution in [3.8, 4) is 0 Å². The van der Waals surface area contributed by atoms with Gasteiger partial charge in [-0.3, -0.25) is 0 Å². The molecule has 1 aliphatic rings. The van der Waals surface area contributed by atoms with Gasteiger partial charge in [-0.05, 0) is 19.8 Å². The van der Waals surface area contributed by atoms with Gasteiger partial charge in [-0.25, -0.2) is 14.8 Å². The van der Waals surface area contributed by atoms with Gasteiger partial charge in [0.05, 0.1) is 6.61 Å². The third kappa shape index (κ3) is 2.19. The smallest absolute Gasteiger partial charge is 0.354 e. The number of carbonyl (C=O) groups is 1. The van der Waals surface area contributed by atoms with Gasteiger partial charge in [-0.15, -0.1) is 0 Å². The zero-order valence-corrected chi connectivity index (χ0v) is 9.14. The highest BCUT2D eigenvalue weighted by molar-refractivity contribution is 5.86. The van der Waals surface area contributed by atoms with Crippen LogP contribution in [0.5, 0.6) is 0 Å². The van der Waals surface area contributed by atoms with Crippen molar-refractivity contribution in [2.24, 2.45) is 0 Å². The van der Waals surface area contributed by atoms with E-state index in [0.717, 1.165) is 19.4 Å². The molecule has 1 atom stereocenters. The van der Waals surface area contributed by atoms with E-state index in [1.165, 1.54) is 0 Å². The molecule has 2 rings (SSSR count). The molecule has 16 heavy (non-hydrogen) atoms. The first-order chi connectivity index (χ1) is 7.68. The predicted molar refractivity (Wildman–Crippen MR) is 56.5 cm³/mol. The molecule has 1 fully saturated rings. The standard InChI is InChI=1S/C11H14N2O3/c1-7-5-12-10(13-9(7)11(14)15)8-3-2-4-16-6-8/h5,8H,2-4,6H2,1H3,(H,14,15). The lowest BCUT2D eigenvalue weighted by Crippen LogP contribution is -2.19. The lowest BCUT2D eigenvalue weighted by molar-refractivity contribution is 0.0682. The van der Waals surface area contributed by atoms with Gasteiger partial charge in [0.2, 0.25) is 0 Å². The summed E-state index contributed by atoms with van der Waals surface area (Å²) < 4.78 is 5.34. The molecule has 0 amide bonds. The molecule has 1 aliphatic heterocycles. The Bertz CT molecular complexity index is 400. The highest BCUT2D eigenvalue weighted by atomic mass is 16.5. The molecule has 0 aromatic carbocycles. The Morgan fingerprint density at radius 2 is 2.44 bits per heavy atom. The van der Waals surface area contributed by atoms with Crippen molar-refractivity contribution in [3.63, 3.8) is 0 Å². The molecule has 5 heteroatoms. The summed E-state index contributed by atoms with van der Waals surface area (Å²) in [4.78, 5) is 19.2. The Hall–Kier alpha value is -1.49. The van der Waals surface area contributed by atoms with Crippen molar-refractivity contribution in [3.05, 3.63) is 23.3 Å². The molecule has 2 heterocycles. The van der Waals surface area contributed by atoms with E-state index >= 15 is 0 Å². The van der Waals surface area contributed by atoms with Crippen molar-refractivity contribution in [1.82, 2.24) is 9.97 Å². The zero-order chi connectivity index (χ0) is 11.5. The van der Waals surface area contributed by atoms with Crippen LogP contribution >= 0.6 is 0 Å². The van der Waals surface area contributed by atoms with Crippen LogP contribution in [0.3, 0.4) is 0 Å². The summed E-state index contributed by atoms with van der Waals surface area (Å²) in [5, 5.41) is 8.97. The van der Waals surface area contributed by atoms with E-state index in [-0.39, 0.29) is 11.6 Å². The third-order valence-electron chi connectivity index (χ3n) is 2.72. The van der Waals surface area contributed by atoms with E-state index in [0.29, 0.717) is 18.0 Å². The lowest BCUT2D eigenvalue weighted by Gasteiger charge is -2.20. The highest BCUT2D eigenvalue weighted by Crippen LogP contribution is 2.22. The minimum Gasteiger partial charge on any atom is -0.477 e. The summed E-state index contributed by atoms with van der Waals surface area (Å²) in [6.07, 6.45) is 3.51. The number of ether oxygens (including phenoxy) is 1. The fraction of sp³-hybridized carbons (Fsp3) is 0.545. The molecule has 0 saturated carbocycles. The first kappa shape index (κ1) is 11.0. The first-order valence-corrected chi connectivity index (χ1v) is 5.33. The molecule has 1 N–H and O–H groups in total. The van der Waals surface area contributed by atoms with Crippen molar-refractivity contribution < 1.29 is 14.6 Å². The number of aryl methyl sites for hydroxylation is 1. The highest BCUT2D eigenvalue weighted by Gasteiger charge is 2.20. The molecule has 1 aromatic heterocycles. The van der Waals surface area contributed by atoms with Crippen LogP contribution in [0.25, 0.3) is 0 Å². The number of nitrogens with zero attached hydrogens (tertiary/aromatic N) is 2. The second-order valence-corrected chi connectivity index (χ2v) is 3.98. The number of aromatic nitrogens is 2. The Morgan fingerprint density at radius 3 is 3.06 bits per heavy atom. The molecule has 0 radical (unpaired) electrons. The average molecular weight is 222 g/mol. The van der Waals surface area contributed by atoms with Gasteiger partial charge in [-0.2, -0.15) is 0 Å². The fourth-order valence-electron chi connectivity index (χ4n) is 1.81. The number of hydrogen-bond acceptors (Lipinski definition) is 4. The van der Waals surface area contributed by atoms with Crippen LogP contribution in [0.1, 0.15) is 40.6 Å². The van der Waals surface area contributed by atoms with E-state index in [9.17, 15) is 4.79 Å². The van der Waals surface area contributed by atoms with Crippen LogP contribution in [0.4, 0.5) is 0 Å². The van der Waals surface area contributed by atoms with Gasteiger partial charge < -0.3 is 9.84 Å². The lowest BCUT2D eigenvalue weighted by atomic mass is 10.0. The summed E-state index contributed by atoms with van der Waals surface area (Å²) in [5.74, 6) is -0.284. The minimum atomic E-state index is -1.00. The third-order valence-corrected chi connectivity index (χ3v) is 2.72. The van der Waals surface area contributed by atoms with Crippen molar-refractivity contribution in [2.75, 3.05) is 13.2 Å². The van der Waals surface area contributed by atoms with Crippen molar-refractivity contribution in [1.29, 1.82) is 0 Å². The Labute approximate surface area is 93.5 Å². The fourth-order valence-corrected chi connectivity index (χ4v) is 1.81. The second-order valence-electron chi connectivity index (χ2n) is 3.98. The molecular weight excluding hydrogens is 208 g/mol. The quantitative estimate of drug-likeness (QED) is 0.818. The van der Waals surface area contributed by atoms with Crippen LogP contribution in [0.2, 0.25) is 0 Å². The average Bonchev–Trinajstić information content (AvgIpc) is 2.30. The second kappa shape index (κ2) is 4.57. The van der Waals surface area contributed by atoms with Gasteiger partial charge in [0.1, 0.15) is 5.82 Å². The topological polar surface area (TPSA) is 72.3 Å². The molecule has 1 unspecified atom stereocenters. The molecule has 0 spiro atoms. The van der Waals surface area contributed by atoms with Gasteiger partial charge in [-0.1, -0.05) is 0 Å². The number of hydrogen-bond donors (Lipinski definition) is 1. The zero-order valence-electron chi connectivity index (χ0n) is 9.14. The van der Waals surface area contributed by atoms with E-state index in [1.807, 2.05) is 0 Å². The Kier molecular flexibility index (Phi) is 3.14. The number of carboxylic acid groups (broad SMARTS) is 1. The molecule has 0 aliphatic carbocycles. The number of carboxylic acids is 1. The summed E-state index contributed by atoms with van der Waals surface area (Å²) in [6.45, 7) is 3.06. The van der Waals surface area contributed by atoms with Crippen LogP contribution in [0, 0.1) is 6.92 Å². The van der Waals surface area contributed by atoms with Gasteiger partial charge >= 0.3 is 5.97 Å². The monoisotopic (exact) mass is 222 g/mol. The summed E-state index contributed by atoms with van der Waals surface area (Å²) in [7, 11) is 0. The van der Waals surface area contributed by atoms with Crippen LogP contribution < -0.4 is 0 Å². The molecule has 86 valence electrons. The summed E-state index contributed by atoms with van der Waals surface area (Å²) in [6, 6.07) is 0. The SMILES string of the molecule is Cc1cnc(C2CCCOC2)nc1C(=O)O. The number of rotatable bonds is 2. The van der Waals surface area contributed by atoms with Gasteiger partial charge in [0.25, 0.3) is 0 Å². The predicted octanol–water partition coefficient (Wildman–Crippen LogP) is 1.38. The Morgan fingerprint density at radius 1 is 1.62 bits per heavy atom. The maximum Gasteiger partial charge on any atom is 0.354 e. The van der Waals surface area contributed by atoms with Crippen LogP contribution in [-0.2, 0) is 4.74 Å².